The number of aryl methyl sites for hydroxylation is 2. The zero-order valence-electron chi connectivity index (χ0n) is 20.7. The van der Waals surface area contributed by atoms with E-state index in [-0.39, 0.29) is 40.8 Å². The van der Waals surface area contributed by atoms with E-state index in [1.54, 1.807) is 4.57 Å². The lowest BCUT2D eigenvalue weighted by molar-refractivity contribution is 0.0917. The van der Waals surface area contributed by atoms with Gasteiger partial charge in [0.05, 0.1) is 11.6 Å². The summed E-state index contributed by atoms with van der Waals surface area (Å²) in [6.07, 6.45) is 10.1. The molecule has 3 aromatic rings. The normalized spacial score (nSPS) is 22.6. The van der Waals surface area contributed by atoms with Crippen molar-refractivity contribution in [1.29, 1.82) is 0 Å². The summed E-state index contributed by atoms with van der Waals surface area (Å²) >= 11 is 1.85. The molecule has 37 heavy (non-hydrogen) atoms. The van der Waals surface area contributed by atoms with Crippen molar-refractivity contribution in [2.45, 2.75) is 82.5 Å². The maximum atomic E-state index is 14.1. The van der Waals surface area contributed by atoms with Crippen molar-refractivity contribution in [3.63, 3.8) is 0 Å². The van der Waals surface area contributed by atoms with Gasteiger partial charge in [-0.15, -0.1) is 0 Å². The summed E-state index contributed by atoms with van der Waals surface area (Å²) in [5, 5.41) is 3.25. The fraction of sp³-hybridized carbons (Fsp3) is 0.577. The third-order valence-electron chi connectivity index (χ3n) is 8.02. The van der Waals surface area contributed by atoms with E-state index in [2.05, 4.69) is 19.9 Å². The van der Waals surface area contributed by atoms with Gasteiger partial charge in [-0.05, 0) is 68.9 Å². The number of nitrogens with one attached hydrogen (secondary N) is 1. The fourth-order valence-electron chi connectivity index (χ4n) is 6.06. The molecule has 3 aromatic heterocycles. The first-order valence-electron chi connectivity index (χ1n) is 13.3. The Balaban J connectivity index is 1.23. The summed E-state index contributed by atoms with van der Waals surface area (Å²) in [4.78, 5) is 48.7. The zero-order valence-corrected chi connectivity index (χ0v) is 21.5. The van der Waals surface area contributed by atoms with E-state index < -0.39 is 11.4 Å². The predicted molar refractivity (Wildman–Crippen MR) is 140 cm³/mol. The maximum Gasteiger partial charge on any atom is 0.333 e. The molecule has 0 spiro atoms. The van der Waals surface area contributed by atoms with Gasteiger partial charge >= 0.3 is 5.69 Å². The van der Waals surface area contributed by atoms with Crippen molar-refractivity contribution in [2.75, 3.05) is 11.5 Å². The molecule has 0 aromatic carbocycles. The Labute approximate surface area is 217 Å². The van der Waals surface area contributed by atoms with Crippen LogP contribution in [0.2, 0.25) is 0 Å². The van der Waals surface area contributed by atoms with Crippen LogP contribution in [0.15, 0.2) is 28.0 Å². The van der Waals surface area contributed by atoms with Crippen LogP contribution < -0.4 is 16.6 Å². The van der Waals surface area contributed by atoms with Gasteiger partial charge in [-0.25, -0.2) is 19.2 Å². The van der Waals surface area contributed by atoms with Gasteiger partial charge in [0.1, 0.15) is 23.0 Å². The van der Waals surface area contributed by atoms with Crippen molar-refractivity contribution in [3.05, 3.63) is 56.6 Å². The van der Waals surface area contributed by atoms with Gasteiger partial charge in [0, 0.05) is 37.3 Å². The Bertz CT molecular complexity index is 1430. The Morgan fingerprint density at radius 2 is 1.78 bits per heavy atom. The molecule has 2 fully saturated rings. The Hall–Kier alpha value is -2.95. The molecule has 6 rings (SSSR count). The fourth-order valence-corrected chi connectivity index (χ4v) is 7.14. The van der Waals surface area contributed by atoms with Crippen LogP contribution in [0.25, 0.3) is 11.0 Å². The first-order chi connectivity index (χ1) is 18.0. The van der Waals surface area contributed by atoms with Crippen LogP contribution in [0, 0.1) is 5.82 Å². The van der Waals surface area contributed by atoms with Gasteiger partial charge in [-0.2, -0.15) is 11.8 Å². The van der Waals surface area contributed by atoms with Crippen molar-refractivity contribution in [1.82, 2.24) is 29.0 Å². The molecule has 1 amide bonds. The zero-order chi connectivity index (χ0) is 25.5. The van der Waals surface area contributed by atoms with E-state index in [0.29, 0.717) is 31.4 Å². The molecule has 196 valence electrons. The lowest BCUT2D eigenvalue weighted by atomic mass is 9.90. The SMILES string of the molecule is O=C(N[C@H]1CC[C@@H](n2c(=O)c3cc(F)cnc3n(C3CCSCC3)c2=O)CC1)c1cn2c(n1)CCCC2. The number of imidazole rings is 1. The number of hydrogen-bond donors (Lipinski definition) is 1. The van der Waals surface area contributed by atoms with E-state index in [4.69, 9.17) is 0 Å². The lowest BCUT2D eigenvalue weighted by Crippen LogP contribution is -2.46. The van der Waals surface area contributed by atoms with Gasteiger partial charge in [-0.3, -0.25) is 18.7 Å². The highest BCUT2D eigenvalue weighted by Crippen LogP contribution is 2.30. The average molecular weight is 527 g/mol. The third-order valence-corrected chi connectivity index (χ3v) is 9.07. The van der Waals surface area contributed by atoms with Crippen molar-refractivity contribution in [3.8, 4) is 0 Å². The Morgan fingerprint density at radius 3 is 2.54 bits per heavy atom. The molecular formula is C26H31FN6O3S. The standard InChI is InChI=1S/C26H31FN6O3S/c27-16-13-20-23(28-14-16)32(19-8-11-37-12-9-19)26(36)33(25(20)35)18-6-4-17(5-7-18)29-24(34)21-15-31-10-2-1-3-22(31)30-21/h13-15,17-19H,1-12H2,(H,29,34)/t17-,18+. The summed E-state index contributed by atoms with van der Waals surface area (Å²) in [6, 6.07) is 0.795. The third kappa shape index (κ3) is 4.62. The summed E-state index contributed by atoms with van der Waals surface area (Å²) in [7, 11) is 0. The molecule has 2 aliphatic heterocycles. The van der Waals surface area contributed by atoms with Crippen LogP contribution in [0.5, 0.6) is 0 Å². The monoisotopic (exact) mass is 526 g/mol. The molecule has 1 N–H and O–H groups in total. The molecule has 1 saturated heterocycles. The number of halogens is 1. The number of fused-ring (bicyclic) bond motifs is 2. The number of aromatic nitrogens is 5. The second-order valence-corrected chi connectivity index (χ2v) is 11.6. The molecule has 1 saturated carbocycles. The Morgan fingerprint density at radius 1 is 1.03 bits per heavy atom. The molecule has 0 atom stereocenters. The van der Waals surface area contributed by atoms with Crippen molar-refractivity contribution < 1.29 is 9.18 Å². The number of carbonyl (C=O) groups is 1. The van der Waals surface area contributed by atoms with Gasteiger partial charge in [0.2, 0.25) is 0 Å². The number of nitrogens with zero attached hydrogens (tertiary/aromatic N) is 5. The summed E-state index contributed by atoms with van der Waals surface area (Å²) in [5.74, 6) is 2.07. The van der Waals surface area contributed by atoms with Crippen LogP contribution in [-0.4, -0.2) is 47.1 Å². The molecule has 0 radical (unpaired) electrons. The van der Waals surface area contributed by atoms with E-state index >= 15 is 0 Å². The number of rotatable bonds is 4. The van der Waals surface area contributed by atoms with Crippen LogP contribution >= 0.6 is 11.8 Å². The van der Waals surface area contributed by atoms with Crippen molar-refractivity contribution >= 4 is 28.7 Å². The van der Waals surface area contributed by atoms with Crippen LogP contribution in [0.1, 0.15) is 79.8 Å². The van der Waals surface area contributed by atoms with Gasteiger partial charge in [0.25, 0.3) is 11.5 Å². The number of amides is 1. The van der Waals surface area contributed by atoms with E-state index in [9.17, 15) is 18.8 Å². The minimum atomic E-state index is -0.590. The molecule has 11 heteroatoms. The number of pyridine rings is 1. The first kappa shape index (κ1) is 24.4. The molecule has 1 aliphatic carbocycles. The van der Waals surface area contributed by atoms with E-state index in [1.807, 2.05) is 18.0 Å². The minimum Gasteiger partial charge on any atom is -0.348 e. The van der Waals surface area contributed by atoms with Gasteiger partial charge in [-0.1, -0.05) is 0 Å². The highest BCUT2D eigenvalue weighted by molar-refractivity contribution is 7.99. The summed E-state index contributed by atoms with van der Waals surface area (Å²) < 4.78 is 19.1. The van der Waals surface area contributed by atoms with Crippen LogP contribution in [0.4, 0.5) is 4.39 Å². The van der Waals surface area contributed by atoms with E-state index in [0.717, 1.165) is 62.2 Å². The Kier molecular flexibility index (Phi) is 6.64. The highest BCUT2D eigenvalue weighted by atomic mass is 32.2. The predicted octanol–water partition coefficient (Wildman–Crippen LogP) is 3.21. The maximum absolute atomic E-state index is 14.1. The minimum absolute atomic E-state index is 0.0460. The first-order valence-corrected chi connectivity index (χ1v) is 14.4. The molecular weight excluding hydrogens is 495 g/mol. The van der Waals surface area contributed by atoms with Crippen LogP contribution in [-0.2, 0) is 13.0 Å². The quantitative estimate of drug-likeness (QED) is 0.560. The van der Waals surface area contributed by atoms with Gasteiger partial charge in [0.15, 0.2) is 0 Å². The van der Waals surface area contributed by atoms with Crippen molar-refractivity contribution in [2.24, 2.45) is 0 Å². The molecule has 9 nitrogen and oxygen atoms in total. The largest absolute Gasteiger partial charge is 0.348 e. The number of thioether (sulfide) groups is 1. The summed E-state index contributed by atoms with van der Waals surface area (Å²) in [6.45, 7) is 0.901. The summed E-state index contributed by atoms with van der Waals surface area (Å²) in [5.41, 5.74) is -0.116. The topological polar surface area (TPSA) is 104 Å². The smallest absolute Gasteiger partial charge is 0.333 e. The second kappa shape index (κ2) is 10.1. The molecule has 0 unspecified atom stereocenters. The molecule has 3 aliphatic rings. The average Bonchev–Trinajstić information content (AvgIpc) is 3.36. The number of carbonyl (C=O) groups excluding carboxylic acids is 1. The number of hydrogen-bond acceptors (Lipinski definition) is 6. The molecule has 0 bridgehead atoms. The molecule has 5 heterocycles. The van der Waals surface area contributed by atoms with E-state index in [1.165, 1.54) is 10.6 Å². The van der Waals surface area contributed by atoms with Gasteiger partial charge < -0.3 is 9.88 Å². The van der Waals surface area contributed by atoms with Crippen LogP contribution in [0.3, 0.4) is 0 Å². The second-order valence-electron chi connectivity index (χ2n) is 10.4. The lowest BCUT2D eigenvalue weighted by Gasteiger charge is -2.31. The highest BCUT2D eigenvalue weighted by Gasteiger charge is 2.30.